The van der Waals surface area contributed by atoms with Gasteiger partial charge in [0.2, 0.25) is 0 Å². The van der Waals surface area contributed by atoms with Crippen molar-refractivity contribution in [3.8, 4) is 0 Å². The van der Waals surface area contributed by atoms with Crippen molar-refractivity contribution in [1.82, 2.24) is 0 Å². The summed E-state index contributed by atoms with van der Waals surface area (Å²) in [6.45, 7) is 10.4. The third-order valence-corrected chi connectivity index (χ3v) is 2.68. The third-order valence-electron chi connectivity index (χ3n) is 2.68. The maximum Gasteiger partial charge on any atom is 0.0178 e. The number of nitrogens with two attached hydrogens (primary N) is 1. The van der Waals surface area contributed by atoms with Gasteiger partial charge >= 0.3 is 0 Å². The van der Waals surface area contributed by atoms with Crippen molar-refractivity contribution < 1.29 is 0 Å². The lowest BCUT2D eigenvalue weighted by Crippen LogP contribution is -1.96. The zero-order valence-corrected chi connectivity index (χ0v) is 9.87. The third kappa shape index (κ3) is 2.71. The van der Waals surface area contributed by atoms with Gasteiger partial charge < -0.3 is 5.73 Å². The van der Waals surface area contributed by atoms with Crippen LogP contribution in [0.2, 0.25) is 0 Å². The van der Waals surface area contributed by atoms with E-state index in [1.807, 2.05) is 12.2 Å². The molecule has 2 N–H and O–H groups in total. The largest absolute Gasteiger partial charge is 0.326 e. The first-order valence-electron chi connectivity index (χ1n) is 5.54. The fourth-order valence-corrected chi connectivity index (χ4v) is 1.70. The molecule has 0 heterocycles. The maximum atomic E-state index is 5.57. The Morgan fingerprint density at radius 3 is 2.19 bits per heavy atom. The molecule has 0 spiro atoms. The lowest BCUT2D eigenvalue weighted by molar-refractivity contribution is 1.07. The van der Waals surface area contributed by atoms with Gasteiger partial charge in [-0.2, -0.15) is 0 Å². The number of benzene rings is 1. The van der Waals surface area contributed by atoms with Crippen LogP contribution in [0.15, 0.2) is 55.1 Å². The van der Waals surface area contributed by atoms with Crippen LogP contribution in [-0.4, -0.2) is 0 Å². The molecular formula is C15H19N. The standard InChI is InChI=1S/C15H19N/c1-4-13(5-2)15(6-3)14-9-7-12(11-16)8-10-14/h4,6-10H,1,3,5,11,16H2,2H3/b15-13-. The van der Waals surface area contributed by atoms with Crippen molar-refractivity contribution in [2.24, 2.45) is 5.73 Å². The second kappa shape index (κ2) is 6.09. The van der Waals surface area contributed by atoms with Crippen LogP contribution in [0.3, 0.4) is 0 Å². The summed E-state index contributed by atoms with van der Waals surface area (Å²) < 4.78 is 0. The van der Waals surface area contributed by atoms with Crippen LogP contribution >= 0.6 is 0 Å². The van der Waals surface area contributed by atoms with Crippen LogP contribution < -0.4 is 5.73 Å². The van der Waals surface area contributed by atoms with Gasteiger partial charge in [-0.25, -0.2) is 0 Å². The van der Waals surface area contributed by atoms with Crippen molar-refractivity contribution in [3.05, 3.63) is 66.3 Å². The highest BCUT2D eigenvalue weighted by atomic mass is 14.5. The fraction of sp³-hybridized carbons (Fsp3) is 0.200. The van der Waals surface area contributed by atoms with Crippen LogP contribution in [0.5, 0.6) is 0 Å². The van der Waals surface area contributed by atoms with E-state index in [9.17, 15) is 0 Å². The molecule has 0 aromatic heterocycles. The SMILES string of the molecule is C=C/C(CC)=C(\C=C)c1ccc(CN)cc1. The zero-order chi connectivity index (χ0) is 12.0. The van der Waals surface area contributed by atoms with Gasteiger partial charge in [-0.05, 0) is 28.7 Å². The Kier molecular flexibility index (Phi) is 4.74. The average molecular weight is 213 g/mol. The molecule has 0 aliphatic carbocycles. The van der Waals surface area contributed by atoms with Crippen molar-refractivity contribution in [3.63, 3.8) is 0 Å². The quantitative estimate of drug-likeness (QED) is 0.742. The van der Waals surface area contributed by atoms with Crippen LogP contribution in [0, 0.1) is 0 Å². The van der Waals surface area contributed by atoms with Gasteiger partial charge in [0, 0.05) is 6.54 Å². The first-order valence-corrected chi connectivity index (χ1v) is 5.54. The Balaban J connectivity index is 3.18. The highest BCUT2D eigenvalue weighted by molar-refractivity contribution is 5.77. The first kappa shape index (κ1) is 12.5. The lowest BCUT2D eigenvalue weighted by atomic mass is 9.97. The van der Waals surface area contributed by atoms with E-state index in [1.54, 1.807) is 0 Å². The second-order valence-corrected chi connectivity index (χ2v) is 3.60. The fourth-order valence-electron chi connectivity index (χ4n) is 1.70. The maximum absolute atomic E-state index is 5.57. The summed E-state index contributed by atoms with van der Waals surface area (Å²) in [6, 6.07) is 8.27. The minimum absolute atomic E-state index is 0.579. The topological polar surface area (TPSA) is 26.0 Å². The molecule has 0 aliphatic heterocycles. The molecule has 1 nitrogen and oxygen atoms in total. The van der Waals surface area contributed by atoms with Crippen molar-refractivity contribution in [1.29, 1.82) is 0 Å². The molecule has 0 radical (unpaired) electrons. The van der Waals surface area contributed by atoms with Crippen molar-refractivity contribution >= 4 is 5.57 Å². The van der Waals surface area contributed by atoms with Gasteiger partial charge in [-0.1, -0.05) is 56.5 Å². The van der Waals surface area contributed by atoms with Gasteiger partial charge in [-0.15, -0.1) is 0 Å². The minimum Gasteiger partial charge on any atom is -0.326 e. The summed E-state index contributed by atoms with van der Waals surface area (Å²) in [4.78, 5) is 0. The summed E-state index contributed by atoms with van der Waals surface area (Å²) >= 11 is 0. The molecule has 0 amide bonds. The molecule has 0 bridgehead atoms. The van der Waals surface area contributed by atoms with E-state index in [2.05, 4.69) is 44.3 Å². The lowest BCUT2D eigenvalue weighted by Gasteiger charge is -2.08. The summed E-state index contributed by atoms with van der Waals surface area (Å²) in [5.41, 5.74) is 10.3. The summed E-state index contributed by atoms with van der Waals surface area (Å²) in [5, 5.41) is 0. The molecule has 84 valence electrons. The highest BCUT2D eigenvalue weighted by Gasteiger charge is 2.02. The normalized spacial score (nSPS) is 11.9. The van der Waals surface area contributed by atoms with Crippen molar-refractivity contribution in [2.45, 2.75) is 19.9 Å². The van der Waals surface area contributed by atoms with Gasteiger partial charge in [0.25, 0.3) is 0 Å². The number of rotatable bonds is 5. The van der Waals surface area contributed by atoms with Gasteiger partial charge in [0.05, 0.1) is 0 Å². The Morgan fingerprint density at radius 1 is 1.19 bits per heavy atom. The van der Waals surface area contributed by atoms with E-state index in [0.29, 0.717) is 6.54 Å². The molecule has 1 aromatic carbocycles. The smallest absolute Gasteiger partial charge is 0.0178 e. The molecule has 0 saturated heterocycles. The van der Waals surface area contributed by atoms with Gasteiger partial charge in [-0.3, -0.25) is 0 Å². The van der Waals surface area contributed by atoms with E-state index in [0.717, 1.165) is 17.6 Å². The van der Waals surface area contributed by atoms with Gasteiger partial charge in [0.15, 0.2) is 0 Å². The molecule has 0 atom stereocenters. The molecule has 0 aliphatic rings. The monoisotopic (exact) mass is 213 g/mol. The van der Waals surface area contributed by atoms with E-state index in [-0.39, 0.29) is 0 Å². The summed E-state index contributed by atoms with van der Waals surface area (Å²) in [5.74, 6) is 0. The first-order chi connectivity index (χ1) is 7.76. The molecule has 0 fully saturated rings. The Morgan fingerprint density at radius 2 is 1.81 bits per heavy atom. The predicted octanol–water partition coefficient (Wildman–Crippen LogP) is 3.68. The minimum atomic E-state index is 0.579. The number of allylic oxidation sites excluding steroid dienone is 4. The van der Waals surface area contributed by atoms with E-state index in [1.165, 1.54) is 11.1 Å². The van der Waals surface area contributed by atoms with Gasteiger partial charge in [0.1, 0.15) is 0 Å². The molecular weight excluding hydrogens is 194 g/mol. The molecule has 0 unspecified atom stereocenters. The van der Waals surface area contributed by atoms with Crippen LogP contribution in [0.25, 0.3) is 5.57 Å². The average Bonchev–Trinajstić information content (AvgIpc) is 2.36. The molecule has 1 rings (SSSR count). The summed E-state index contributed by atoms with van der Waals surface area (Å²) in [7, 11) is 0. The number of hydrogen-bond acceptors (Lipinski definition) is 1. The van der Waals surface area contributed by atoms with Crippen LogP contribution in [-0.2, 0) is 6.54 Å². The molecule has 16 heavy (non-hydrogen) atoms. The number of hydrogen-bond donors (Lipinski definition) is 1. The van der Waals surface area contributed by atoms with E-state index < -0.39 is 0 Å². The van der Waals surface area contributed by atoms with Crippen LogP contribution in [0.1, 0.15) is 24.5 Å². The second-order valence-electron chi connectivity index (χ2n) is 3.60. The molecule has 0 saturated carbocycles. The molecule has 1 heteroatoms. The highest BCUT2D eigenvalue weighted by Crippen LogP contribution is 2.22. The molecule has 1 aromatic rings. The Bertz CT molecular complexity index is 396. The Labute approximate surface area is 98.0 Å². The van der Waals surface area contributed by atoms with E-state index >= 15 is 0 Å². The summed E-state index contributed by atoms with van der Waals surface area (Å²) in [6.07, 6.45) is 4.75. The van der Waals surface area contributed by atoms with Crippen LogP contribution in [0.4, 0.5) is 0 Å². The predicted molar refractivity (Wildman–Crippen MR) is 71.9 cm³/mol. The van der Waals surface area contributed by atoms with Crippen molar-refractivity contribution in [2.75, 3.05) is 0 Å². The van der Waals surface area contributed by atoms with E-state index in [4.69, 9.17) is 5.73 Å². The Hall–Kier alpha value is -1.60. The zero-order valence-electron chi connectivity index (χ0n) is 9.87.